The van der Waals surface area contributed by atoms with Crippen molar-refractivity contribution >= 4 is 0 Å². The van der Waals surface area contributed by atoms with E-state index in [0.717, 1.165) is 13.1 Å². The third kappa shape index (κ3) is 8.20. The molecule has 0 bridgehead atoms. The van der Waals surface area contributed by atoms with Crippen LogP contribution < -0.4 is 24.8 Å². The van der Waals surface area contributed by atoms with Crippen molar-refractivity contribution in [1.29, 1.82) is 0 Å². The standard InChI is InChI=1S/C18H30N2O6/c21-8-13-25-17-3-1-2-16-18(17)26-12-7-20-5-10-23-15-14-22-9-4-19-6-11-24-16/h1-3,19-21H,4-15H2. The Kier molecular flexibility index (Phi) is 10.8. The molecule has 148 valence electrons. The Labute approximate surface area is 154 Å². The molecule has 1 aliphatic heterocycles. The van der Waals surface area contributed by atoms with Gasteiger partial charge in [-0.3, -0.25) is 0 Å². The number of hydrogen-bond donors (Lipinski definition) is 3. The lowest BCUT2D eigenvalue weighted by Gasteiger charge is -2.17. The molecule has 0 saturated carbocycles. The van der Waals surface area contributed by atoms with Crippen LogP contribution in [0, 0.1) is 0 Å². The molecule has 1 aromatic rings. The van der Waals surface area contributed by atoms with E-state index >= 15 is 0 Å². The highest BCUT2D eigenvalue weighted by Crippen LogP contribution is 2.37. The molecule has 8 nitrogen and oxygen atoms in total. The number of nitrogens with one attached hydrogen (secondary N) is 2. The van der Waals surface area contributed by atoms with Crippen molar-refractivity contribution < 1.29 is 28.8 Å². The van der Waals surface area contributed by atoms with E-state index in [2.05, 4.69) is 10.6 Å². The lowest BCUT2D eigenvalue weighted by Crippen LogP contribution is -2.27. The van der Waals surface area contributed by atoms with Crippen molar-refractivity contribution in [3.63, 3.8) is 0 Å². The third-order valence-electron chi connectivity index (χ3n) is 3.57. The zero-order valence-electron chi connectivity index (χ0n) is 15.2. The van der Waals surface area contributed by atoms with Crippen LogP contribution in [0.2, 0.25) is 0 Å². The number of fused-ring (bicyclic) bond motifs is 1. The summed E-state index contributed by atoms with van der Waals surface area (Å²) in [6.07, 6.45) is 0. The molecule has 0 saturated heterocycles. The molecule has 8 heteroatoms. The number of ether oxygens (including phenoxy) is 5. The quantitative estimate of drug-likeness (QED) is 0.687. The highest BCUT2D eigenvalue weighted by molar-refractivity contribution is 5.51. The van der Waals surface area contributed by atoms with Gasteiger partial charge in [0.2, 0.25) is 5.75 Å². The molecular weight excluding hydrogens is 340 g/mol. The van der Waals surface area contributed by atoms with Crippen molar-refractivity contribution in [2.24, 2.45) is 0 Å². The molecule has 26 heavy (non-hydrogen) atoms. The molecule has 0 aliphatic carbocycles. The van der Waals surface area contributed by atoms with Crippen molar-refractivity contribution in [2.45, 2.75) is 0 Å². The smallest absolute Gasteiger partial charge is 0.203 e. The minimum Gasteiger partial charge on any atom is -0.488 e. The van der Waals surface area contributed by atoms with Crippen molar-refractivity contribution in [3.05, 3.63) is 18.2 Å². The van der Waals surface area contributed by atoms with Gasteiger partial charge in [0, 0.05) is 26.2 Å². The van der Waals surface area contributed by atoms with E-state index in [1.165, 1.54) is 0 Å². The number of para-hydroxylation sites is 1. The van der Waals surface area contributed by atoms with Crippen LogP contribution in [0.3, 0.4) is 0 Å². The van der Waals surface area contributed by atoms with E-state index in [1.54, 1.807) is 6.07 Å². The lowest BCUT2D eigenvalue weighted by molar-refractivity contribution is 0.0495. The average molecular weight is 370 g/mol. The molecule has 0 unspecified atom stereocenters. The van der Waals surface area contributed by atoms with Gasteiger partial charge in [0.1, 0.15) is 19.8 Å². The van der Waals surface area contributed by atoms with Gasteiger partial charge in [0.15, 0.2) is 11.5 Å². The molecule has 0 amide bonds. The Hall–Kier alpha value is -1.58. The van der Waals surface area contributed by atoms with Crippen LogP contribution in [-0.4, -0.2) is 84.1 Å². The Morgan fingerprint density at radius 1 is 0.846 bits per heavy atom. The van der Waals surface area contributed by atoms with Crippen LogP contribution in [0.25, 0.3) is 0 Å². The van der Waals surface area contributed by atoms with Gasteiger partial charge in [-0.1, -0.05) is 6.07 Å². The number of aliphatic hydroxyl groups excluding tert-OH is 1. The van der Waals surface area contributed by atoms with E-state index in [1.807, 2.05) is 12.1 Å². The molecule has 2 rings (SSSR count). The fourth-order valence-corrected chi connectivity index (χ4v) is 2.34. The second-order valence-electron chi connectivity index (χ2n) is 5.58. The third-order valence-corrected chi connectivity index (χ3v) is 3.57. The zero-order chi connectivity index (χ0) is 18.3. The van der Waals surface area contributed by atoms with E-state index in [9.17, 15) is 0 Å². The first-order chi connectivity index (χ1) is 12.9. The summed E-state index contributed by atoms with van der Waals surface area (Å²) < 4.78 is 28.3. The maximum absolute atomic E-state index is 9.00. The first-order valence-electron chi connectivity index (χ1n) is 9.11. The normalized spacial score (nSPS) is 18.5. The molecular formula is C18H30N2O6. The van der Waals surface area contributed by atoms with E-state index < -0.39 is 0 Å². The molecule has 0 aromatic heterocycles. The van der Waals surface area contributed by atoms with Gasteiger partial charge in [-0.2, -0.15) is 0 Å². The fraction of sp³-hybridized carbons (Fsp3) is 0.667. The van der Waals surface area contributed by atoms with Crippen LogP contribution in [0.15, 0.2) is 18.2 Å². The van der Waals surface area contributed by atoms with E-state index in [-0.39, 0.29) is 13.2 Å². The van der Waals surface area contributed by atoms with Crippen molar-refractivity contribution in [2.75, 3.05) is 79.0 Å². The van der Waals surface area contributed by atoms with Crippen LogP contribution in [0.4, 0.5) is 0 Å². The minimum atomic E-state index is -0.0575. The summed E-state index contributed by atoms with van der Waals surface area (Å²) in [6.45, 7) is 6.47. The number of hydrogen-bond acceptors (Lipinski definition) is 8. The van der Waals surface area contributed by atoms with Gasteiger partial charge in [0.05, 0.1) is 33.0 Å². The maximum atomic E-state index is 9.00. The van der Waals surface area contributed by atoms with E-state index in [0.29, 0.717) is 70.0 Å². The highest BCUT2D eigenvalue weighted by Gasteiger charge is 2.13. The second kappa shape index (κ2) is 13.6. The molecule has 3 N–H and O–H groups in total. The van der Waals surface area contributed by atoms with Gasteiger partial charge >= 0.3 is 0 Å². The predicted octanol–water partition coefficient (Wildman–Crippen LogP) is 0.0413. The zero-order valence-corrected chi connectivity index (χ0v) is 15.2. The van der Waals surface area contributed by atoms with Crippen molar-refractivity contribution in [1.82, 2.24) is 10.6 Å². The topological polar surface area (TPSA) is 90.4 Å². The summed E-state index contributed by atoms with van der Waals surface area (Å²) in [5.41, 5.74) is 0. The SMILES string of the molecule is OCCOc1cccc2c1OCCNCCOCCOCCNCCO2. The van der Waals surface area contributed by atoms with Crippen LogP contribution in [-0.2, 0) is 9.47 Å². The number of aliphatic hydroxyl groups is 1. The first kappa shape index (κ1) is 20.7. The van der Waals surface area contributed by atoms with Gasteiger partial charge < -0.3 is 39.4 Å². The molecule has 0 fully saturated rings. The lowest BCUT2D eigenvalue weighted by atomic mass is 10.3. The monoisotopic (exact) mass is 370 g/mol. The predicted molar refractivity (Wildman–Crippen MR) is 97.4 cm³/mol. The second-order valence-corrected chi connectivity index (χ2v) is 5.58. The van der Waals surface area contributed by atoms with Gasteiger partial charge in [0.25, 0.3) is 0 Å². The van der Waals surface area contributed by atoms with Gasteiger partial charge in [-0.25, -0.2) is 0 Å². The van der Waals surface area contributed by atoms with Crippen LogP contribution in [0.1, 0.15) is 0 Å². The Balaban J connectivity index is 1.94. The summed E-state index contributed by atoms with van der Waals surface area (Å²) in [4.78, 5) is 0. The molecule has 1 aromatic carbocycles. The Bertz CT molecular complexity index is 489. The minimum absolute atomic E-state index is 0.0575. The van der Waals surface area contributed by atoms with Gasteiger partial charge in [-0.15, -0.1) is 0 Å². The van der Waals surface area contributed by atoms with E-state index in [4.69, 9.17) is 28.8 Å². The Morgan fingerprint density at radius 2 is 1.50 bits per heavy atom. The number of rotatable bonds is 3. The summed E-state index contributed by atoms with van der Waals surface area (Å²) in [5.74, 6) is 1.75. The van der Waals surface area contributed by atoms with Crippen molar-refractivity contribution in [3.8, 4) is 17.2 Å². The average Bonchev–Trinajstić information content (AvgIpc) is 2.66. The summed E-state index contributed by atoms with van der Waals surface area (Å²) in [6, 6.07) is 5.50. The maximum Gasteiger partial charge on any atom is 0.203 e. The summed E-state index contributed by atoms with van der Waals surface area (Å²) in [5, 5.41) is 15.5. The molecule has 0 radical (unpaired) electrons. The summed E-state index contributed by atoms with van der Waals surface area (Å²) in [7, 11) is 0. The first-order valence-corrected chi connectivity index (χ1v) is 9.11. The van der Waals surface area contributed by atoms with Crippen LogP contribution >= 0.6 is 0 Å². The number of benzene rings is 1. The van der Waals surface area contributed by atoms with Crippen LogP contribution in [0.5, 0.6) is 17.2 Å². The van der Waals surface area contributed by atoms with Gasteiger partial charge in [-0.05, 0) is 12.1 Å². The largest absolute Gasteiger partial charge is 0.488 e. The summed E-state index contributed by atoms with van der Waals surface area (Å²) >= 11 is 0. The highest BCUT2D eigenvalue weighted by atomic mass is 16.5. The fourth-order valence-electron chi connectivity index (χ4n) is 2.34. The molecule has 0 atom stereocenters. The molecule has 0 spiro atoms. The molecule has 1 heterocycles. The molecule has 1 aliphatic rings. The Morgan fingerprint density at radius 3 is 2.19 bits per heavy atom.